The predicted molar refractivity (Wildman–Crippen MR) is 47.8 cm³/mol. The van der Waals surface area contributed by atoms with Gasteiger partial charge >= 0.3 is 0 Å². The third-order valence-corrected chi connectivity index (χ3v) is 2.38. The van der Waals surface area contributed by atoms with E-state index in [0.29, 0.717) is 0 Å². The van der Waals surface area contributed by atoms with E-state index in [4.69, 9.17) is 0 Å². The van der Waals surface area contributed by atoms with Crippen LogP contribution < -0.4 is 0 Å². The molecule has 0 saturated carbocycles. The molecule has 0 aliphatic rings. The van der Waals surface area contributed by atoms with Gasteiger partial charge in [0, 0.05) is 0 Å². The zero-order valence-corrected chi connectivity index (χ0v) is 7.85. The topological polar surface area (TPSA) is 0 Å². The van der Waals surface area contributed by atoms with Crippen molar-refractivity contribution >= 4 is 0 Å². The second-order valence-corrected chi connectivity index (χ2v) is 3.10. The molecule has 2 unspecified atom stereocenters. The molecule has 0 heterocycles. The summed E-state index contributed by atoms with van der Waals surface area (Å²) in [4.78, 5) is 0. The molecule has 0 N–H and O–H groups in total. The van der Waals surface area contributed by atoms with Crippen LogP contribution in [0.2, 0.25) is 0 Å². The zero-order valence-electron chi connectivity index (χ0n) is 7.85. The lowest BCUT2D eigenvalue weighted by Crippen LogP contribution is -2.09. The fourth-order valence-corrected chi connectivity index (χ4v) is 1.41. The monoisotopic (exact) mass is 141 g/mol. The summed E-state index contributed by atoms with van der Waals surface area (Å²) < 4.78 is 0. The second kappa shape index (κ2) is 5.76. The van der Waals surface area contributed by atoms with Crippen molar-refractivity contribution in [1.82, 2.24) is 0 Å². The molecule has 0 nitrogen and oxygen atoms in total. The van der Waals surface area contributed by atoms with E-state index in [1.54, 1.807) is 0 Å². The molecule has 0 spiro atoms. The first-order valence-corrected chi connectivity index (χ1v) is 4.59. The normalized spacial score (nSPS) is 16.8. The van der Waals surface area contributed by atoms with Crippen LogP contribution in [0.25, 0.3) is 0 Å². The summed E-state index contributed by atoms with van der Waals surface area (Å²) in [5, 5.41) is 0. The Hall–Kier alpha value is 0. The van der Waals surface area contributed by atoms with Crippen molar-refractivity contribution in [2.75, 3.05) is 0 Å². The lowest BCUT2D eigenvalue weighted by atomic mass is 9.86. The van der Waals surface area contributed by atoms with Gasteiger partial charge in [0.1, 0.15) is 0 Å². The smallest absolute Gasteiger partial charge is 0.0355 e. The fourth-order valence-electron chi connectivity index (χ4n) is 1.41. The Morgan fingerprint density at radius 3 is 2.00 bits per heavy atom. The number of hydrogen-bond donors (Lipinski definition) is 0. The van der Waals surface area contributed by atoms with Gasteiger partial charge in [-0.05, 0) is 18.3 Å². The molecule has 61 valence electrons. The standard InChI is InChI=1S/C10H21/c1-5-8-10(7-3)9(4)6-2/h8-10H,5-7H2,1-4H3. The Balaban J connectivity index is 3.56. The first-order chi connectivity index (χ1) is 4.76. The van der Waals surface area contributed by atoms with E-state index in [1.165, 1.54) is 19.3 Å². The molecule has 0 aromatic rings. The van der Waals surface area contributed by atoms with Crippen molar-refractivity contribution in [2.24, 2.45) is 11.8 Å². The van der Waals surface area contributed by atoms with Gasteiger partial charge in [0.05, 0.1) is 0 Å². The van der Waals surface area contributed by atoms with Crippen LogP contribution in [0.1, 0.15) is 47.0 Å². The highest BCUT2D eigenvalue weighted by molar-refractivity contribution is 4.77. The molecule has 0 amide bonds. The molecule has 0 aliphatic carbocycles. The van der Waals surface area contributed by atoms with Gasteiger partial charge in [0.15, 0.2) is 0 Å². The SMILES string of the molecule is CC[CH]C(CC)C(C)CC. The molecule has 0 heteroatoms. The van der Waals surface area contributed by atoms with E-state index in [-0.39, 0.29) is 0 Å². The highest BCUT2D eigenvalue weighted by atomic mass is 14.2. The molecular weight excluding hydrogens is 120 g/mol. The van der Waals surface area contributed by atoms with Gasteiger partial charge in [0.25, 0.3) is 0 Å². The van der Waals surface area contributed by atoms with Crippen molar-refractivity contribution in [3.63, 3.8) is 0 Å². The Morgan fingerprint density at radius 1 is 1.10 bits per heavy atom. The average Bonchev–Trinajstić information content (AvgIpc) is 1.99. The molecule has 0 aromatic carbocycles. The first-order valence-electron chi connectivity index (χ1n) is 4.59. The molecule has 0 bridgehead atoms. The van der Waals surface area contributed by atoms with Crippen LogP contribution in [0.5, 0.6) is 0 Å². The van der Waals surface area contributed by atoms with E-state index in [1.807, 2.05) is 0 Å². The van der Waals surface area contributed by atoms with Gasteiger partial charge < -0.3 is 0 Å². The lowest BCUT2D eigenvalue weighted by molar-refractivity contribution is 0.376. The first kappa shape index (κ1) is 10.0. The maximum atomic E-state index is 2.45. The van der Waals surface area contributed by atoms with Crippen molar-refractivity contribution < 1.29 is 0 Å². The maximum absolute atomic E-state index is 2.45. The van der Waals surface area contributed by atoms with Gasteiger partial charge in [0.2, 0.25) is 0 Å². The lowest BCUT2D eigenvalue weighted by Gasteiger charge is -2.19. The van der Waals surface area contributed by atoms with Gasteiger partial charge in [-0.2, -0.15) is 0 Å². The molecule has 0 fully saturated rings. The summed E-state index contributed by atoms with van der Waals surface area (Å²) in [6.07, 6.45) is 6.30. The van der Waals surface area contributed by atoms with E-state index >= 15 is 0 Å². The Morgan fingerprint density at radius 2 is 1.70 bits per heavy atom. The summed E-state index contributed by atoms with van der Waals surface area (Å²) in [5.74, 6) is 1.74. The highest BCUT2D eigenvalue weighted by Gasteiger charge is 2.11. The van der Waals surface area contributed by atoms with Crippen LogP contribution >= 0.6 is 0 Å². The van der Waals surface area contributed by atoms with E-state index in [2.05, 4.69) is 34.1 Å². The minimum Gasteiger partial charge on any atom is -0.0651 e. The summed E-state index contributed by atoms with van der Waals surface area (Å²) in [5.41, 5.74) is 0. The number of hydrogen-bond acceptors (Lipinski definition) is 0. The molecule has 1 radical (unpaired) electrons. The largest absolute Gasteiger partial charge is 0.0651 e. The summed E-state index contributed by atoms with van der Waals surface area (Å²) in [7, 11) is 0. The molecule has 0 saturated heterocycles. The third kappa shape index (κ3) is 3.24. The predicted octanol–water partition coefficient (Wildman–Crippen LogP) is 3.67. The molecule has 10 heavy (non-hydrogen) atoms. The van der Waals surface area contributed by atoms with Gasteiger partial charge in [-0.1, -0.05) is 47.0 Å². The van der Waals surface area contributed by atoms with E-state index in [0.717, 1.165) is 11.8 Å². The van der Waals surface area contributed by atoms with Crippen molar-refractivity contribution in [3.05, 3.63) is 6.42 Å². The summed E-state index contributed by atoms with van der Waals surface area (Å²) in [6, 6.07) is 0. The fraction of sp³-hybridized carbons (Fsp3) is 0.900. The van der Waals surface area contributed by atoms with Gasteiger partial charge in [-0.15, -0.1) is 0 Å². The minimum absolute atomic E-state index is 0.856. The van der Waals surface area contributed by atoms with Crippen LogP contribution in [-0.4, -0.2) is 0 Å². The second-order valence-electron chi connectivity index (χ2n) is 3.10. The van der Waals surface area contributed by atoms with E-state index < -0.39 is 0 Å². The van der Waals surface area contributed by atoms with E-state index in [9.17, 15) is 0 Å². The van der Waals surface area contributed by atoms with Crippen LogP contribution in [0.4, 0.5) is 0 Å². The average molecular weight is 141 g/mol. The Kier molecular flexibility index (Phi) is 5.76. The summed E-state index contributed by atoms with van der Waals surface area (Å²) >= 11 is 0. The molecular formula is C10H21. The van der Waals surface area contributed by atoms with Crippen LogP contribution in [0.15, 0.2) is 0 Å². The maximum Gasteiger partial charge on any atom is -0.0355 e. The third-order valence-electron chi connectivity index (χ3n) is 2.38. The Labute approximate surface area is 66.0 Å². The number of rotatable bonds is 5. The quantitative estimate of drug-likeness (QED) is 0.548. The van der Waals surface area contributed by atoms with Crippen molar-refractivity contribution in [1.29, 1.82) is 0 Å². The van der Waals surface area contributed by atoms with Gasteiger partial charge in [-0.3, -0.25) is 0 Å². The van der Waals surface area contributed by atoms with Crippen LogP contribution in [0.3, 0.4) is 0 Å². The molecule has 0 aliphatic heterocycles. The van der Waals surface area contributed by atoms with Crippen LogP contribution in [0, 0.1) is 18.3 Å². The van der Waals surface area contributed by atoms with Crippen LogP contribution in [-0.2, 0) is 0 Å². The Bertz CT molecular complexity index is 66.4. The molecule has 2 atom stereocenters. The van der Waals surface area contributed by atoms with Gasteiger partial charge in [-0.25, -0.2) is 0 Å². The zero-order chi connectivity index (χ0) is 7.98. The minimum atomic E-state index is 0.856. The molecule has 0 aromatic heterocycles. The van der Waals surface area contributed by atoms with Crippen molar-refractivity contribution in [3.8, 4) is 0 Å². The highest BCUT2D eigenvalue weighted by Crippen LogP contribution is 2.22. The molecule has 0 rings (SSSR count). The summed E-state index contributed by atoms with van der Waals surface area (Å²) in [6.45, 7) is 9.13. The van der Waals surface area contributed by atoms with Crippen molar-refractivity contribution in [2.45, 2.75) is 47.0 Å².